The van der Waals surface area contributed by atoms with Crippen LogP contribution in [0.15, 0.2) is 99.3 Å². The summed E-state index contributed by atoms with van der Waals surface area (Å²) in [5.74, 6) is 3.73. The number of sulfone groups is 1. The molecule has 0 unspecified atom stereocenters. The lowest BCUT2D eigenvalue weighted by molar-refractivity contribution is 0.455. The summed E-state index contributed by atoms with van der Waals surface area (Å²) in [6, 6.07) is 23.5. The maximum atomic E-state index is 11.4. The van der Waals surface area contributed by atoms with Crippen LogP contribution in [0, 0.1) is 0 Å². The number of nitrogens with one attached hydrogen (secondary N) is 1. The highest BCUT2D eigenvalue weighted by Crippen LogP contribution is 2.21. The third-order valence-corrected chi connectivity index (χ3v) is 10.4. The van der Waals surface area contributed by atoms with Crippen molar-refractivity contribution in [3.05, 3.63) is 96.4 Å². The lowest BCUT2D eigenvalue weighted by Gasteiger charge is -2.06. The fourth-order valence-corrected chi connectivity index (χ4v) is 6.61. The summed E-state index contributed by atoms with van der Waals surface area (Å²) in [6.07, 6.45) is 5.68. The molecule has 27 heteroatoms. The molecule has 0 fully saturated rings. The maximum Gasteiger partial charge on any atom is 0.259 e. The minimum absolute atomic E-state index is 0.0410. The van der Waals surface area contributed by atoms with Crippen molar-refractivity contribution in [2.75, 3.05) is 36.1 Å². The molecule has 0 spiro atoms. The Hall–Kier alpha value is -8.59. The first-order valence-electron chi connectivity index (χ1n) is 21.0. The molecular weight excluding hydrogens is 897 g/mol. The Labute approximate surface area is 387 Å². The number of fused-ring (bicyclic) bond motifs is 2. The zero-order valence-corrected chi connectivity index (χ0v) is 38.2. The van der Waals surface area contributed by atoms with Crippen molar-refractivity contribution in [2.24, 2.45) is 5.73 Å². The van der Waals surface area contributed by atoms with E-state index >= 15 is 0 Å². The lowest BCUT2D eigenvalue weighted by atomic mass is 10.1. The van der Waals surface area contributed by atoms with Gasteiger partial charge in [-0.25, -0.2) is 8.42 Å². The second kappa shape index (κ2) is 19.9. The second-order valence-electron chi connectivity index (χ2n) is 15.5. The zero-order valence-electron chi connectivity index (χ0n) is 37.4. The highest BCUT2D eigenvalue weighted by atomic mass is 32.2. The molecule has 68 heavy (non-hydrogen) atoms. The van der Waals surface area contributed by atoms with Crippen molar-refractivity contribution < 1.29 is 17.3 Å². The zero-order chi connectivity index (χ0) is 48.0. The quantitative estimate of drug-likeness (QED) is 0.129. The Morgan fingerprint density at radius 3 is 1.53 bits per heavy atom. The second-order valence-corrected chi connectivity index (χ2v) is 17.4. The van der Waals surface area contributed by atoms with Crippen LogP contribution in [-0.4, -0.2) is 117 Å². The number of nitrogen functional groups attached to an aromatic ring is 2. The van der Waals surface area contributed by atoms with Crippen molar-refractivity contribution in [3.8, 4) is 45.9 Å². The van der Waals surface area contributed by atoms with E-state index in [0.29, 0.717) is 53.8 Å². The molecule has 7 N–H and O–H groups in total. The van der Waals surface area contributed by atoms with Gasteiger partial charge in [-0.1, -0.05) is 48.5 Å². The molecule has 8 aromatic heterocycles. The van der Waals surface area contributed by atoms with Gasteiger partial charge in [0.1, 0.15) is 0 Å². The molecule has 10 rings (SSSR count). The summed E-state index contributed by atoms with van der Waals surface area (Å²) >= 11 is 0. The van der Waals surface area contributed by atoms with E-state index in [0.717, 1.165) is 40.3 Å². The molecule has 26 nitrogen and oxygen atoms in total. The first kappa shape index (κ1) is 46.0. The summed E-state index contributed by atoms with van der Waals surface area (Å²) in [5, 5.41) is 36.1. The Morgan fingerprint density at radius 1 is 0.603 bits per heavy atom. The first-order valence-corrected chi connectivity index (χ1v) is 22.9. The Kier molecular flexibility index (Phi) is 13.4. The van der Waals surface area contributed by atoms with Gasteiger partial charge in [0.25, 0.3) is 16.7 Å². The van der Waals surface area contributed by atoms with Gasteiger partial charge in [-0.15, -0.1) is 30.6 Å². The van der Waals surface area contributed by atoms with E-state index in [2.05, 4.69) is 88.4 Å². The van der Waals surface area contributed by atoms with Crippen molar-refractivity contribution >= 4 is 39.2 Å². The maximum absolute atomic E-state index is 11.4. The molecule has 0 atom stereocenters. The molecule has 0 aliphatic carbocycles. The fraction of sp³-hybridized carbons (Fsp3) is 0.268. The van der Waals surface area contributed by atoms with Crippen LogP contribution in [-0.2, 0) is 22.7 Å². The molecule has 0 radical (unpaired) electrons. The number of hydrogen-bond donors (Lipinski definition) is 4. The van der Waals surface area contributed by atoms with Gasteiger partial charge in [0.15, 0.2) is 11.5 Å². The molecule has 0 bridgehead atoms. The molecular formula is C41H46N22O4S. The van der Waals surface area contributed by atoms with Crippen LogP contribution in [0.3, 0.4) is 0 Å². The van der Waals surface area contributed by atoms with Crippen molar-refractivity contribution in [1.82, 2.24) is 89.5 Å². The summed E-state index contributed by atoms with van der Waals surface area (Å²) in [7, 11) is -3.57. The molecule has 0 amide bonds. The van der Waals surface area contributed by atoms with Gasteiger partial charge in [0.2, 0.25) is 51.0 Å². The van der Waals surface area contributed by atoms with Crippen LogP contribution in [0.5, 0.6) is 0 Å². The molecule has 0 saturated heterocycles. The highest BCUT2D eigenvalue weighted by Gasteiger charge is 2.19. The standard InChI is InChI=1S/C20H21N11O.C12H17N5.C9H8N6O3S/c1-12(2)31-28-16(26-29-31)14-7-5-13(6-8-14)9-10-22-19-24-18(21)30-20(25-19)23-17(27-30)15-4-3-11-32-15;1-9(2)17-15-12(14-16-17)11-5-3-10(4-6-11)7-8-13;1-19(16,17)9-12-7(10)15-8(13-9)11-6(14-15)5-3-2-4-18-5/h3-8,11-12H,9-10H2,1-2H3,(H3,21,22,23,24,25,27);3-6,9H,7-8,13H2,1-2H3;2-4H,1H3,(H2,10,11,12,13,14). The molecule has 350 valence electrons. The SMILES string of the molecule is CC(C)n1nnc(-c2ccc(CCN)cc2)n1.CC(C)n1nnc(-c2ccc(CCNc3nc(N)n4nc(-c5ccco5)nc4n3)cc2)n1.CS(=O)(=O)c1nc(N)n2nc(-c3ccco3)nc2n1. The minimum Gasteiger partial charge on any atom is -0.461 e. The summed E-state index contributed by atoms with van der Waals surface area (Å²) in [6.45, 7) is 9.36. The molecule has 0 aliphatic heterocycles. The fourth-order valence-electron chi connectivity index (χ4n) is 6.10. The predicted octanol–water partition coefficient (Wildman–Crippen LogP) is 3.44. The number of furan rings is 2. The minimum atomic E-state index is -3.57. The number of nitrogens with zero attached hydrogens (tertiary/aromatic N) is 18. The third kappa shape index (κ3) is 10.7. The van der Waals surface area contributed by atoms with Gasteiger partial charge in [0, 0.05) is 23.9 Å². The predicted molar refractivity (Wildman–Crippen MR) is 247 cm³/mol. The van der Waals surface area contributed by atoms with E-state index in [4.69, 9.17) is 26.0 Å². The first-order chi connectivity index (χ1) is 32.7. The number of nitrogens with two attached hydrogens (primary N) is 3. The average molecular weight is 943 g/mol. The lowest BCUT2D eigenvalue weighted by Crippen LogP contribution is -2.12. The topological polar surface area (TPSA) is 350 Å². The summed E-state index contributed by atoms with van der Waals surface area (Å²) < 4.78 is 35.8. The van der Waals surface area contributed by atoms with E-state index in [1.54, 1.807) is 40.1 Å². The summed E-state index contributed by atoms with van der Waals surface area (Å²) in [4.78, 5) is 27.8. The van der Waals surface area contributed by atoms with Crippen LogP contribution >= 0.6 is 0 Å². The van der Waals surface area contributed by atoms with Gasteiger partial charge in [-0.2, -0.15) is 48.5 Å². The molecule has 8 heterocycles. The van der Waals surface area contributed by atoms with Crippen LogP contribution in [0.2, 0.25) is 0 Å². The third-order valence-electron chi connectivity index (χ3n) is 9.60. The average Bonchev–Trinajstić information content (AvgIpc) is 4.18. The van der Waals surface area contributed by atoms with E-state index in [1.165, 1.54) is 16.3 Å². The van der Waals surface area contributed by atoms with Crippen LogP contribution in [0.1, 0.15) is 50.9 Å². The van der Waals surface area contributed by atoms with E-state index < -0.39 is 15.0 Å². The van der Waals surface area contributed by atoms with Gasteiger partial charge in [-0.3, -0.25) is 0 Å². The van der Waals surface area contributed by atoms with Gasteiger partial charge in [-0.05, 0) is 92.9 Å². The van der Waals surface area contributed by atoms with E-state index in [-0.39, 0.29) is 35.6 Å². The van der Waals surface area contributed by atoms with Crippen LogP contribution in [0.4, 0.5) is 17.8 Å². The van der Waals surface area contributed by atoms with E-state index in [1.807, 2.05) is 64.1 Å². The van der Waals surface area contributed by atoms with Gasteiger partial charge in [0.05, 0.1) is 24.6 Å². The number of tetrazole rings is 2. The highest BCUT2D eigenvalue weighted by molar-refractivity contribution is 7.90. The monoisotopic (exact) mass is 942 g/mol. The molecule has 0 aliphatic rings. The van der Waals surface area contributed by atoms with Crippen molar-refractivity contribution in [3.63, 3.8) is 0 Å². The number of hydrogen-bond acceptors (Lipinski definition) is 22. The van der Waals surface area contributed by atoms with Crippen molar-refractivity contribution in [2.45, 2.75) is 57.8 Å². The number of rotatable bonds is 13. The molecule has 10 aromatic rings. The van der Waals surface area contributed by atoms with Gasteiger partial charge >= 0.3 is 0 Å². The Morgan fingerprint density at radius 2 is 1.09 bits per heavy atom. The summed E-state index contributed by atoms with van der Waals surface area (Å²) in [5.41, 5.74) is 21.4. The van der Waals surface area contributed by atoms with Crippen molar-refractivity contribution in [1.29, 1.82) is 0 Å². The largest absolute Gasteiger partial charge is 0.461 e. The Balaban J connectivity index is 0.000000148. The number of anilines is 3. The Bertz CT molecular complexity index is 3340. The van der Waals surface area contributed by atoms with E-state index in [9.17, 15) is 8.42 Å². The number of benzene rings is 2. The smallest absolute Gasteiger partial charge is 0.259 e. The van der Waals surface area contributed by atoms with Crippen LogP contribution < -0.4 is 22.5 Å². The molecule has 0 saturated carbocycles. The number of aromatic nitrogens is 18. The normalized spacial score (nSPS) is 11.5. The van der Waals surface area contributed by atoms with Crippen LogP contribution in [0.25, 0.3) is 57.5 Å². The van der Waals surface area contributed by atoms with Gasteiger partial charge < -0.3 is 31.4 Å². The molecule has 2 aromatic carbocycles.